The Morgan fingerprint density at radius 3 is 2.34 bits per heavy atom. The molecule has 0 bridgehead atoms. The van der Waals surface area contributed by atoms with Crippen LogP contribution in [0.2, 0.25) is 0 Å². The van der Waals surface area contributed by atoms with Crippen molar-refractivity contribution in [3.05, 3.63) is 89.0 Å². The molecular formula is C24H24FN3O. The average Bonchev–Trinajstić information content (AvgIpc) is 2.99. The Morgan fingerprint density at radius 2 is 1.66 bits per heavy atom. The molecule has 0 amide bonds. The SMILES string of the molecule is COc1ccc(Cn2c(C)c(C)c3nccc(NCc4ccc(F)cc4)c32)cc1. The van der Waals surface area contributed by atoms with E-state index in [4.69, 9.17) is 4.74 Å². The van der Waals surface area contributed by atoms with Gasteiger partial charge in [-0.25, -0.2) is 4.39 Å². The molecule has 2 aromatic heterocycles. The molecule has 0 atom stereocenters. The van der Waals surface area contributed by atoms with Gasteiger partial charge in [0.15, 0.2) is 0 Å². The second-order valence-electron chi connectivity index (χ2n) is 7.18. The Bertz CT molecular complexity index is 1130. The number of aromatic nitrogens is 2. The number of anilines is 1. The molecule has 29 heavy (non-hydrogen) atoms. The molecule has 2 aromatic carbocycles. The molecule has 0 spiro atoms. The van der Waals surface area contributed by atoms with Crippen molar-refractivity contribution in [2.75, 3.05) is 12.4 Å². The van der Waals surface area contributed by atoms with Gasteiger partial charge in [0.05, 0.1) is 23.8 Å². The lowest BCUT2D eigenvalue weighted by Crippen LogP contribution is -2.06. The number of benzene rings is 2. The van der Waals surface area contributed by atoms with E-state index in [-0.39, 0.29) is 5.82 Å². The van der Waals surface area contributed by atoms with Crippen molar-refractivity contribution in [3.63, 3.8) is 0 Å². The summed E-state index contributed by atoms with van der Waals surface area (Å²) in [6, 6.07) is 16.7. The molecule has 0 unspecified atom stereocenters. The molecule has 4 rings (SSSR count). The maximum Gasteiger partial charge on any atom is 0.123 e. The predicted molar refractivity (Wildman–Crippen MR) is 115 cm³/mol. The van der Waals surface area contributed by atoms with E-state index in [1.807, 2.05) is 24.4 Å². The lowest BCUT2D eigenvalue weighted by Gasteiger charge is -2.13. The van der Waals surface area contributed by atoms with E-state index in [2.05, 4.69) is 40.8 Å². The number of rotatable bonds is 6. The van der Waals surface area contributed by atoms with Gasteiger partial charge in [-0.1, -0.05) is 24.3 Å². The molecule has 0 aliphatic heterocycles. The quantitative estimate of drug-likeness (QED) is 0.476. The summed E-state index contributed by atoms with van der Waals surface area (Å²) >= 11 is 0. The molecule has 0 saturated carbocycles. The maximum atomic E-state index is 13.2. The average molecular weight is 389 g/mol. The first kappa shape index (κ1) is 19.0. The molecule has 148 valence electrons. The van der Waals surface area contributed by atoms with Crippen LogP contribution in [0.5, 0.6) is 5.75 Å². The number of hydrogen-bond donors (Lipinski definition) is 1. The van der Waals surface area contributed by atoms with E-state index in [1.165, 1.54) is 29.0 Å². The highest BCUT2D eigenvalue weighted by atomic mass is 19.1. The molecule has 0 saturated heterocycles. The van der Waals surface area contributed by atoms with E-state index < -0.39 is 0 Å². The van der Waals surface area contributed by atoms with Crippen LogP contribution < -0.4 is 10.1 Å². The Kier molecular flexibility index (Phi) is 5.21. The predicted octanol–water partition coefficient (Wildman–Crippen LogP) is 5.46. The Balaban J connectivity index is 1.69. The minimum Gasteiger partial charge on any atom is -0.497 e. The van der Waals surface area contributed by atoms with Gasteiger partial charge < -0.3 is 14.6 Å². The second kappa shape index (κ2) is 7.95. The van der Waals surface area contributed by atoms with Crippen LogP contribution in [0.1, 0.15) is 22.4 Å². The highest BCUT2D eigenvalue weighted by Gasteiger charge is 2.16. The number of pyridine rings is 1. The summed E-state index contributed by atoms with van der Waals surface area (Å²) in [5.74, 6) is 0.627. The standard InChI is InChI=1S/C24H24FN3O/c1-16-17(2)28(15-19-6-10-21(29-3)11-7-19)24-22(12-13-26-23(16)24)27-14-18-4-8-20(25)9-5-18/h4-13H,14-15H2,1-3H3,(H,26,27). The molecule has 4 aromatic rings. The fourth-order valence-electron chi connectivity index (χ4n) is 3.60. The van der Waals surface area contributed by atoms with Gasteiger partial charge in [-0.15, -0.1) is 0 Å². The number of ether oxygens (including phenoxy) is 1. The Morgan fingerprint density at radius 1 is 0.966 bits per heavy atom. The molecule has 0 aliphatic rings. The molecule has 4 nitrogen and oxygen atoms in total. The topological polar surface area (TPSA) is 39.1 Å². The monoisotopic (exact) mass is 389 g/mol. The molecule has 0 aliphatic carbocycles. The van der Waals surface area contributed by atoms with Crippen LogP contribution in [0.15, 0.2) is 60.8 Å². The number of nitrogens with zero attached hydrogens (tertiary/aromatic N) is 2. The van der Waals surface area contributed by atoms with Gasteiger partial charge in [0.25, 0.3) is 0 Å². The first-order valence-corrected chi connectivity index (χ1v) is 9.62. The van der Waals surface area contributed by atoms with Crippen LogP contribution in [0.25, 0.3) is 11.0 Å². The third-order valence-electron chi connectivity index (χ3n) is 5.39. The van der Waals surface area contributed by atoms with Gasteiger partial charge >= 0.3 is 0 Å². The fourth-order valence-corrected chi connectivity index (χ4v) is 3.60. The van der Waals surface area contributed by atoms with E-state index in [1.54, 1.807) is 19.2 Å². The Labute approximate surface area is 170 Å². The zero-order chi connectivity index (χ0) is 20.4. The van der Waals surface area contributed by atoms with Crippen molar-refractivity contribution in [1.82, 2.24) is 9.55 Å². The fraction of sp³-hybridized carbons (Fsp3) is 0.208. The zero-order valence-corrected chi connectivity index (χ0v) is 16.9. The molecule has 0 fully saturated rings. The van der Waals surface area contributed by atoms with Gasteiger partial charge in [0.2, 0.25) is 0 Å². The molecule has 0 radical (unpaired) electrons. The van der Waals surface area contributed by atoms with Gasteiger partial charge in [-0.05, 0) is 60.9 Å². The summed E-state index contributed by atoms with van der Waals surface area (Å²) in [6.07, 6.45) is 1.83. The summed E-state index contributed by atoms with van der Waals surface area (Å²) in [5.41, 5.74) is 7.69. The summed E-state index contributed by atoms with van der Waals surface area (Å²) in [4.78, 5) is 4.63. The highest BCUT2D eigenvalue weighted by molar-refractivity contribution is 5.92. The van der Waals surface area contributed by atoms with Gasteiger partial charge in [-0.2, -0.15) is 0 Å². The minimum absolute atomic E-state index is 0.223. The molecule has 5 heteroatoms. The van der Waals surface area contributed by atoms with Crippen LogP contribution in [-0.2, 0) is 13.1 Å². The van der Waals surface area contributed by atoms with Crippen molar-refractivity contribution in [1.29, 1.82) is 0 Å². The van der Waals surface area contributed by atoms with E-state index in [0.717, 1.165) is 34.6 Å². The molecule has 1 N–H and O–H groups in total. The lowest BCUT2D eigenvalue weighted by molar-refractivity contribution is 0.414. The van der Waals surface area contributed by atoms with Crippen molar-refractivity contribution in [2.45, 2.75) is 26.9 Å². The van der Waals surface area contributed by atoms with Gasteiger partial charge in [0.1, 0.15) is 11.6 Å². The Hall–Kier alpha value is -3.34. The van der Waals surface area contributed by atoms with Crippen molar-refractivity contribution >= 4 is 16.7 Å². The summed E-state index contributed by atoms with van der Waals surface area (Å²) in [6.45, 7) is 5.60. The van der Waals surface area contributed by atoms with Crippen LogP contribution in [-0.4, -0.2) is 16.7 Å². The van der Waals surface area contributed by atoms with Crippen LogP contribution in [0.3, 0.4) is 0 Å². The van der Waals surface area contributed by atoms with Crippen molar-refractivity contribution in [3.8, 4) is 5.75 Å². The third-order valence-corrected chi connectivity index (χ3v) is 5.39. The van der Waals surface area contributed by atoms with Gasteiger partial charge in [-0.3, -0.25) is 4.98 Å². The smallest absolute Gasteiger partial charge is 0.123 e. The summed E-state index contributed by atoms with van der Waals surface area (Å²) in [7, 11) is 1.67. The normalized spacial score (nSPS) is 11.0. The van der Waals surface area contributed by atoms with Gasteiger partial charge in [0, 0.05) is 25.0 Å². The lowest BCUT2D eigenvalue weighted by atomic mass is 10.2. The molecule has 2 heterocycles. The van der Waals surface area contributed by atoms with Crippen molar-refractivity contribution in [2.24, 2.45) is 0 Å². The number of halogens is 1. The third kappa shape index (κ3) is 3.81. The van der Waals surface area contributed by atoms with Crippen molar-refractivity contribution < 1.29 is 9.13 Å². The number of aryl methyl sites for hydroxylation is 1. The first-order valence-electron chi connectivity index (χ1n) is 9.62. The summed E-state index contributed by atoms with van der Waals surface area (Å²) in [5, 5.41) is 3.51. The van der Waals surface area contributed by atoms with Crippen LogP contribution >= 0.6 is 0 Å². The van der Waals surface area contributed by atoms with Crippen LogP contribution in [0.4, 0.5) is 10.1 Å². The van der Waals surface area contributed by atoms with E-state index in [9.17, 15) is 4.39 Å². The number of hydrogen-bond acceptors (Lipinski definition) is 3. The first-order chi connectivity index (χ1) is 14.1. The second-order valence-corrected chi connectivity index (χ2v) is 7.18. The summed E-state index contributed by atoms with van der Waals surface area (Å²) < 4.78 is 20.7. The highest BCUT2D eigenvalue weighted by Crippen LogP contribution is 2.30. The minimum atomic E-state index is -0.223. The largest absolute Gasteiger partial charge is 0.497 e. The van der Waals surface area contributed by atoms with E-state index in [0.29, 0.717) is 6.54 Å². The number of methoxy groups -OCH3 is 1. The zero-order valence-electron chi connectivity index (χ0n) is 16.9. The maximum absolute atomic E-state index is 13.2. The van der Waals surface area contributed by atoms with E-state index >= 15 is 0 Å². The number of fused-ring (bicyclic) bond motifs is 1. The number of nitrogens with one attached hydrogen (secondary N) is 1. The van der Waals surface area contributed by atoms with Crippen LogP contribution in [0, 0.1) is 19.7 Å². The molecular weight excluding hydrogens is 365 g/mol.